The van der Waals surface area contributed by atoms with Gasteiger partial charge in [-0.15, -0.1) is 0 Å². The summed E-state index contributed by atoms with van der Waals surface area (Å²) in [6, 6.07) is 8.63. The predicted molar refractivity (Wildman–Crippen MR) is 116 cm³/mol. The lowest BCUT2D eigenvalue weighted by atomic mass is 9.81. The largest absolute Gasteiger partial charge is 0.493 e. The number of nitrogens with zero attached hydrogens (tertiary/aromatic N) is 1. The number of hydrogen-bond donors (Lipinski definition) is 0. The number of halogens is 4. The monoisotopic (exact) mass is 495 g/mol. The van der Waals surface area contributed by atoms with Crippen molar-refractivity contribution in [1.29, 1.82) is 0 Å². The van der Waals surface area contributed by atoms with E-state index in [1.807, 2.05) is 0 Å². The molecule has 1 amide bonds. The van der Waals surface area contributed by atoms with Crippen LogP contribution < -0.4 is 9.47 Å². The van der Waals surface area contributed by atoms with E-state index in [0.717, 1.165) is 6.07 Å². The summed E-state index contributed by atoms with van der Waals surface area (Å²) in [5.74, 6) is -4.39. The van der Waals surface area contributed by atoms with Crippen molar-refractivity contribution < 1.29 is 41.3 Å². The Hall–Kier alpha value is -2.85. The topological polar surface area (TPSA) is 57.2 Å². The van der Waals surface area contributed by atoms with E-state index in [2.05, 4.69) is 0 Å². The first-order valence-corrected chi connectivity index (χ1v) is 11.4. The maximum absolute atomic E-state index is 14.6. The zero-order valence-electron chi connectivity index (χ0n) is 19.1. The number of fused-ring (bicyclic) bond motifs is 1. The summed E-state index contributed by atoms with van der Waals surface area (Å²) in [6.07, 6.45) is -0.834. The number of hydrogen-bond acceptors (Lipinski definition) is 5. The minimum Gasteiger partial charge on any atom is -0.493 e. The lowest BCUT2D eigenvalue weighted by molar-refractivity contribution is -0.119. The molecule has 0 bridgehead atoms. The Bertz CT molecular complexity index is 1120. The SMILES string of the molecule is COc1cc(C(=O)N2CC[C@]3(c4cccc(F)c4F)OCOC3C2)ccc1OCC1CC(F)(F)C1. The predicted octanol–water partition coefficient (Wildman–Crippen LogP) is 4.51. The number of carbonyl (C=O) groups is 1. The number of rotatable bonds is 6. The highest BCUT2D eigenvalue weighted by Gasteiger charge is 2.52. The van der Waals surface area contributed by atoms with Crippen molar-refractivity contribution in [2.75, 3.05) is 33.6 Å². The zero-order chi connectivity index (χ0) is 24.8. The molecule has 0 N–H and O–H groups in total. The van der Waals surface area contributed by atoms with E-state index in [1.54, 1.807) is 17.0 Å². The third kappa shape index (κ3) is 4.33. The van der Waals surface area contributed by atoms with Gasteiger partial charge in [-0.25, -0.2) is 17.6 Å². The number of alkyl halides is 2. The Balaban J connectivity index is 1.28. The van der Waals surface area contributed by atoms with Crippen LogP contribution in [0.4, 0.5) is 17.6 Å². The van der Waals surface area contributed by atoms with Gasteiger partial charge >= 0.3 is 0 Å². The summed E-state index contributed by atoms with van der Waals surface area (Å²) in [7, 11) is 1.43. The van der Waals surface area contributed by atoms with Crippen LogP contribution in [0.5, 0.6) is 11.5 Å². The fourth-order valence-electron chi connectivity index (χ4n) is 5.09. The summed E-state index contributed by atoms with van der Waals surface area (Å²) in [6.45, 7) is 0.425. The maximum Gasteiger partial charge on any atom is 0.254 e. The van der Waals surface area contributed by atoms with Crippen molar-refractivity contribution in [3.63, 3.8) is 0 Å². The highest BCUT2D eigenvalue weighted by Crippen LogP contribution is 2.45. The summed E-state index contributed by atoms with van der Waals surface area (Å²) in [5.41, 5.74) is -0.747. The standard InChI is InChI=1S/C25H25F4NO5/c1-32-20-9-16(5-6-19(20)33-13-15-10-24(28,29)11-15)23(31)30-8-7-25(21(12-30)34-14-35-25)17-3-2-4-18(26)22(17)27/h2-6,9,15,21H,7-8,10-14H2,1H3/t21?,25-/m1/s1. The number of amides is 1. The summed E-state index contributed by atoms with van der Waals surface area (Å²) >= 11 is 0. The molecule has 2 saturated heterocycles. The third-order valence-electron chi connectivity index (χ3n) is 7.00. The molecule has 2 aromatic carbocycles. The van der Waals surface area contributed by atoms with Crippen LogP contribution in [0.1, 0.15) is 35.2 Å². The van der Waals surface area contributed by atoms with Gasteiger partial charge in [0.25, 0.3) is 5.91 Å². The van der Waals surface area contributed by atoms with Gasteiger partial charge < -0.3 is 23.8 Å². The normalized spacial score (nSPS) is 25.6. The van der Waals surface area contributed by atoms with Crippen LogP contribution in [0.2, 0.25) is 0 Å². The van der Waals surface area contributed by atoms with Crippen LogP contribution in [0.3, 0.4) is 0 Å². The Morgan fingerprint density at radius 1 is 1.17 bits per heavy atom. The molecule has 10 heteroatoms. The number of benzene rings is 2. The first kappa shape index (κ1) is 23.9. The fraction of sp³-hybridized carbons (Fsp3) is 0.480. The van der Waals surface area contributed by atoms with E-state index in [1.165, 1.54) is 25.3 Å². The van der Waals surface area contributed by atoms with Crippen LogP contribution in [-0.2, 0) is 15.1 Å². The first-order valence-electron chi connectivity index (χ1n) is 11.4. The number of methoxy groups -OCH3 is 1. The van der Waals surface area contributed by atoms with Gasteiger partial charge in [0.15, 0.2) is 23.1 Å². The average molecular weight is 495 g/mol. The highest BCUT2D eigenvalue weighted by atomic mass is 19.3. The van der Waals surface area contributed by atoms with Gasteiger partial charge in [0.05, 0.1) is 20.3 Å². The minimum atomic E-state index is -2.62. The van der Waals surface area contributed by atoms with Crippen LogP contribution in [-0.4, -0.2) is 56.4 Å². The Labute approximate surface area is 199 Å². The maximum atomic E-state index is 14.6. The molecular formula is C25H25F4NO5. The number of piperidine rings is 1. The molecule has 35 heavy (non-hydrogen) atoms. The number of carbonyl (C=O) groups excluding carboxylic acids is 1. The Morgan fingerprint density at radius 2 is 1.97 bits per heavy atom. The van der Waals surface area contributed by atoms with Gasteiger partial charge in [-0.1, -0.05) is 12.1 Å². The molecule has 1 saturated carbocycles. The molecule has 3 fully saturated rings. The molecule has 5 rings (SSSR count). The quantitative estimate of drug-likeness (QED) is 0.552. The van der Waals surface area contributed by atoms with Crippen LogP contribution in [0.25, 0.3) is 0 Å². The number of likely N-dealkylation sites (tertiary alicyclic amines) is 1. The number of ether oxygens (including phenoxy) is 4. The molecule has 0 radical (unpaired) electrons. The second-order valence-electron chi connectivity index (χ2n) is 9.22. The van der Waals surface area contributed by atoms with Crippen LogP contribution >= 0.6 is 0 Å². The molecule has 1 aliphatic carbocycles. The highest BCUT2D eigenvalue weighted by molar-refractivity contribution is 5.95. The summed E-state index contributed by atoms with van der Waals surface area (Å²) < 4.78 is 77.0. The molecule has 2 atom stereocenters. The molecule has 3 aliphatic rings. The summed E-state index contributed by atoms with van der Waals surface area (Å²) in [4.78, 5) is 14.8. The van der Waals surface area contributed by atoms with E-state index in [-0.39, 0.29) is 63.1 Å². The Kier molecular flexibility index (Phi) is 6.13. The molecule has 0 aromatic heterocycles. The molecule has 1 unspecified atom stereocenters. The molecule has 6 nitrogen and oxygen atoms in total. The van der Waals surface area contributed by atoms with Gasteiger partial charge in [-0.3, -0.25) is 4.79 Å². The van der Waals surface area contributed by atoms with Crippen molar-refractivity contribution in [2.24, 2.45) is 5.92 Å². The smallest absolute Gasteiger partial charge is 0.254 e. The van der Waals surface area contributed by atoms with E-state index in [0.29, 0.717) is 17.1 Å². The second kappa shape index (κ2) is 8.98. The molecule has 0 spiro atoms. The van der Waals surface area contributed by atoms with E-state index >= 15 is 0 Å². The van der Waals surface area contributed by atoms with Crippen molar-refractivity contribution in [3.8, 4) is 11.5 Å². The molecule has 2 heterocycles. The zero-order valence-corrected chi connectivity index (χ0v) is 19.1. The molecular weight excluding hydrogens is 470 g/mol. The van der Waals surface area contributed by atoms with E-state index in [4.69, 9.17) is 18.9 Å². The second-order valence-corrected chi connectivity index (χ2v) is 9.22. The first-order chi connectivity index (χ1) is 16.7. The van der Waals surface area contributed by atoms with Crippen molar-refractivity contribution in [1.82, 2.24) is 4.90 Å². The van der Waals surface area contributed by atoms with E-state index < -0.39 is 29.3 Å². The van der Waals surface area contributed by atoms with E-state index in [9.17, 15) is 22.4 Å². The fourth-order valence-corrected chi connectivity index (χ4v) is 5.09. The lowest BCUT2D eigenvalue weighted by Crippen LogP contribution is -2.54. The van der Waals surface area contributed by atoms with Crippen LogP contribution in [0.15, 0.2) is 36.4 Å². The lowest BCUT2D eigenvalue weighted by Gasteiger charge is -2.42. The molecule has 2 aliphatic heterocycles. The van der Waals surface area contributed by atoms with Gasteiger partial charge in [-0.05, 0) is 24.3 Å². The Morgan fingerprint density at radius 3 is 2.71 bits per heavy atom. The molecule has 2 aromatic rings. The van der Waals surface area contributed by atoms with Gasteiger partial charge in [0, 0.05) is 42.9 Å². The van der Waals surface area contributed by atoms with Crippen LogP contribution in [0, 0.1) is 17.6 Å². The average Bonchev–Trinajstić information content (AvgIpc) is 3.26. The van der Waals surface area contributed by atoms with Gasteiger partial charge in [0.1, 0.15) is 18.5 Å². The summed E-state index contributed by atoms with van der Waals surface area (Å²) in [5, 5.41) is 0. The van der Waals surface area contributed by atoms with Crippen molar-refractivity contribution in [3.05, 3.63) is 59.2 Å². The van der Waals surface area contributed by atoms with Crippen molar-refractivity contribution in [2.45, 2.75) is 36.9 Å². The third-order valence-corrected chi connectivity index (χ3v) is 7.00. The molecule has 188 valence electrons. The van der Waals surface area contributed by atoms with Crippen molar-refractivity contribution >= 4 is 5.91 Å². The van der Waals surface area contributed by atoms with Gasteiger partial charge in [0.2, 0.25) is 5.92 Å². The minimum absolute atomic E-state index is 0.0829. The van der Waals surface area contributed by atoms with Gasteiger partial charge in [-0.2, -0.15) is 0 Å².